The number of rotatable bonds is 1. The summed E-state index contributed by atoms with van der Waals surface area (Å²) in [7, 11) is 0. The van der Waals surface area contributed by atoms with E-state index in [1.165, 1.54) is 5.56 Å². The number of aromatic nitrogens is 1. The predicted octanol–water partition coefficient (Wildman–Crippen LogP) is 3.91. The van der Waals surface area contributed by atoms with E-state index in [4.69, 9.17) is 6.57 Å². The van der Waals surface area contributed by atoms with Crippen molar-refractivity contribution in [3.63, 3.8) is 0 Å². The largest absolute Gasteiger partial charge is 0.268 e. The Balaban J connectivity index is 2.85. The molecule has 2 aromatic rings. The first-order valence-corrected chi connectivity index (χ1v) is 4.99. The molecule has 0 bridgehead atoms. The number of hydrogen-bond donors (Lipinski definition) is 0. The number of hydrogen-bond acceptors (Lipinski definition) is 1. The van der Waals surface area contributed by atoms with Crippen LogP contribution in [0.4, 0.5) is 5.69 Å². The summed E-state index contributed by atoms with van der Waals surface area (Å²) in [6, 6.07) is 7.84. The van der Waals surface area contributed by atoms with E-state index in [0.717, 1.165) is 10.9 Å². The molecule has 0 atom stereocenters. The lowest BCUT2D eigenvalue weighted by Crippen LogP contribution is -1.90. The fourth-order valence-electron chi connectivity index (χ4n) is 1.77. The normalized spacial score (nSPS) is 10.5. The Morgan fingerprint density at radius 2 is 2.07 bits per heavy atom. The molecule has 74 valence electrons. The highest BCUT2D eigenvalue weighted by atomic mass is 14.7. The molecule has 1 heterocycles. The van der Waals surface area contributed by atoms with E-state index in [1.54, 1.807) is 6.20 Å². The third-order valence-corrected chi connectivity index (χ3v) is 2.52. The number of benzene rings is 1. The SMILES string of the molecule is [C-]#[N+]c1ccc(C(C)C)c2cccnc12. The smallest absolute Gasteiger partial charge is 0.212 e. The van der Waals surface area contributed by atoms with E-state index < -0.39 is 0 Å². The molecule has 0 fully saturated rings. The summed E-state index contributed by atoms with van der Waals surface area (Å²) in [5, 5.41) is 1.10. The molecule has 0 saturated heterocycles. The zero-order valence-electron chi connectivity index (χ0n) is 8.86. The highest BCUT2D eigenvalue weighted by molar-refractivity contribution is 5.93. The van der Waals surface area contributed by atoms with Crippen molar-refractivity contribution in [2.45, 2.75) is 19.8 Å². The third kappa shape index (κ3) is 1.57. The van der Waals surface area contributed by atoms with E-state index >= 15 is 0 Å². The summed E-state index contributed by atoms with van der Waals surface area (Å²) < 4.78 is 0. The minimum absolute atomic E-state index is 0.455. The van der Waals surface area contributed by atoms with Crippen molar-refractivity contribution in [3.8, 4) is 0 Å². The van der Waals surface area contributed by atoms with Gasteiger partial charge in [0.2, 0.25) is 5.69 Å². The van der Waals surface area contributed by atoms with Gasteiger partial charge in [0.25, 0.3) is 0 Å². The first kappa shape index (κ1) is 9.67. The Morgan fingerprint density at radius 3 is 2.73 bits per heavy atom. The molecule has 0 spiro atoms. The molecule has 2 rings (SSSR count). The quantitative estimate of drug-likeness (QED) is 0.632. The Hall–Kier alpha value is -1.88. The van der Waals surface area contributed by atoms with Crippen molar-refractivity contribution >= 4 is 16.6 Å². The van der Waals surface area contributed by atoms with Crippen LogP contribution in [0.15, 0.2) is 30.5 Å². The van der Waals surface area contributed by atoms with Gasteiger partial charge in [0.15, 0.2) is 0 Å². The molecule has 1 aromatic heterocycles. The van der Waals surface area contributed by atoms with E-state index in [1.807, 2.05) is 24.3 Å². The van der Waals surface area contributed by atoms with Crippen LogP contribution in [0.25, 0.3) is 15.7 Å². The maximum Gasteiger partial charge on any atom is 0.212 e. The fourth-order valence-corrected chi connectivity index (χ4v) is 1.77. The van der Waals surface area contributed by atoms with E-state index in [0.29, 0.717) is 11.6 Å². The molecule has 0 amide bonds. The summed E-state index contributed by atoms with van der Waals surface area (Å²) in [6.45, 7) is 11.4. The lowest BCUT2D eigenvalue weighted by molar-refractivity contribution is 0.876. The highest BCUT2D eigenvalue weighted by Gasteiger charge is 2.08. The lowest BCUT2D eigenvalue weighted by Gasteiger charge is -2.09. The van der Waals surface area contributed by atoms with Crippen molar-refractivity contribution in [1.29, 1.82) is 0 Å². The van der Waals surface area contributed by atoms with Crippen molar-refractivity contribution in [1.82, 2.24) is 4.98 Å². The average molecular weight is 196 g/mol. The van der Waals surface area contributed by atoms with E-state index in [-0.39, 0.29) is 0 Å². The van der Waals surface area contributed by atoms with Crippen molar-refractivity contribution in [3.05, 3.63) is 47.4 Å². The maximum atomic E-state index is 7.09. The summed E-state index contributed by atoms with van der Waals surface area (Å²) >= 11 is 0. The second-order valence-corrected chi connectivity index (χ2v) is 3.84. The summed E-state index contributed by atoms with van der Waals surface area (Å²) in [5.41, 5.74) is 2.71. The fraction of sp³-hybridized carbons (Fsp3) is 0.231. The monoisotopic (exact) mass is 196 g/mol. The number of fused-ring (bicyclic) bond motifs is 1. The lowest BCUT2D eigenvalue weighted by atomic mass is 9.98. The average Bonchev–Trinajstić information content (AvgIpc) is 2.27. The number of nitrogens with zero attached hydrogens (tertiary/aromatic N) is 2. The van der Waals surface area contributed by atoms with Crippen LogP contribution in [0.1, 0.15) is 25.3 Å². The highest BCUT2D eigenvalue weighted by Crippen LogP contribution is 2.30. The van der Waals surface area contributed by atoms with Gasteiger partial charge >= 0.3 is 0 Å². The van der Waals surface area contributed by atoms with Crippen LogP contribution >= 0.6 is 0 Å². The van der Waals surface area contributed by atoms with Gasteiger partial charge in [-0.15, -0.1) is 0 Å². The second-order valence-electron chi connectivity index (χ2n) is 3.84. The molecule has 0 N–H and O–H groups in total. The Labute approximate surface area is 89.4 Å². The summed E-state index contributed by atoms with van der Waals surface area (Å²) in [4.78, 5) is 7.77. The topological polar surface area (TPSA) is 17.2 Å². The van der Waals surface area contributed by atoms with Crippen LogP contribution in [-0.2, 0) is 0 Å². The van der Waals surface area contributed by atoms with Crippen LogP contribution in [0.3, 0.4) is 0 Å². The van der Waals surface area contributed by atoms with Crippen LogP contribution in [0.2, 0.25) is 0 Å². The molecule has 0 saturated carbocycles. The molecule has 2 heteroatoms. The van der Waals surface area contributed by atoms with Crippen molar-refractivity contribution in [2.24, 2.45) is 0 Å². The molecule has 0 radical (unpaired) electrons. The van der Waals surface area contributed by atoms with Gasteiger partial charge in [-0.3, -0.25) is 4.98 Å². The predicted molar refractivity (Wildman–Crippen MR) is 62.1 cm³/mol. The van der Waals surface area contributed by atoms with Gasteiger partial charge in [0.05, 0.1) is 12.1 Å². The summed E-state index contributed by atoms with van der Waals surface area (Å²) in [6.07, 6.45) is 1.74. The molecule has 0 aliphatic carbocycles. The van der Waals surface area contributed by atoms with Gasteiger partial charge in [-0.2, -0.15) is 0 Å². The second kappa shape index (κ2) is 3.70. The molecule has 0 aliphatic rings. The van der Waals surface area contributed by atoms with Gasteiger partial charge in [-0.05, 0) is 22.9 Å². The molecule has 15 heavy (non-hydrogen) atoms. The Kier molecular flexibility index (Phi) is 2.39. The summed E-state index contributed by atoms with van der Waals surface area (Å²) in [5.74, 6) is 0.455. The van der Waals surface area contributed by atoms with Crippen LogP contribution < -0.4 is 0 Å². The van der Waals surface area contributed by atoms with Crippen LogP contribution in [-0.4, -0.2) is 4.98 Å². The molecule has 0 unspecified atom stereocenters. The van der Waals surface area contributed by atoms with E-state index in [2.05, 4.69) is 23.7 Å². The van der Waals surface area contributed by atoms with Gasteiger partial charge in [-0.25, -0.2) is 4.85 Å². The standard InChI is InChI=1S/C13H12N2/c1-9(2)10-6-7-12(14-3)13-11(10)5-4-8-15-13/h4-9H,1-2H3. The van der Waals surface area contributed by atoms with Gasteiger partial charge in [0, 0.05) is 6.20 Å². The first-order chi connectivity index (χ1) is 7.24. The zero-order valence-corrected chi connectivity index (χ0v) is 8.86. The Morgan fingerprint density at radius 1 is 1.27 bits per heavy atom. The van der Waals surface area contributed by atoms with Crippen molar-refractivity contribution < 1.29 is 0 Å². The minimum atomic E-state index is 0.455. The van der Waals surface area contributed by atoms with Crippen LogP contribution in [0.5, 0.6) is 0 Å². The van der Waals surface area contributed by atoms with E-state index in [9.17, 15) is 0 Å². The Bertz CT molecular complexity index is 536. The molecular formula is C13H12N2. The molecular weight excluding hydrogens is 184 g/mol. The van der Waals surface area contributed by atoms with Gasteiger partial charge in [-0.1, -0.05) is 32.0 Å². The maximum absolute atomic E-state index is 7.09. The third-order valence-electron chi connectivity index (χ3n) is 2.52. The molecule has 2 nitrogen and oxygen atoms in total. The molecule has 1 aromatic carbocycles. The van der Waals surface area contributed by atoms with Gasteiger partial charge in [0.1, 0.15) is 0 Å². The van der Waals surface area contributed by atoms with Crippen LogP contribution in [0, 0.1) is 6.57 Å². The molecule has 0 aliphatic heterocycles. The minimum Gasteiger partial charge on any atom is -0.268 e. The zero-order chi connectivity index (χ0) is 10.8. The van der Waals surface area contributed by atoms with Gasteiger partial charge < -0.3 is 0 Å². The van der Waals surface area contributed by atoms with Crippen molar-refractivity contribution in [2.75, 3.05) is 0 Å². The first-order valence-electron chi connectivity index (χ1n) is 4.99. The number of pyridine rings is 1.